The molecular weight excluding hydrogens is 367 g/mol. The van der Waals surface area contributed by atoms with Crippen molar-refractivity contribution in [3.8, 4) is 16.9 Å². The van der Waals surface area contributed by atoms with Crippen molar-refractivity contribution in [1.82, 2.24) is 0 Å². The van der Waals surface area contributed by atoms with Crippen molar-refractivity contribution in [2.45, 2.75) is 19.2 Å². The number of carbonyl (C=O) groups is 1. The van der Waals surface area contributed by atoms with Crippen LogP contribution in [0.3, 0.4) is 0 Å². The number of alkyl halides is 3. The largest absolute Gasteiger partial charge is 0.481 e. The Morgan fingerprint density at radius 2 is 1.43 bits per heavy atom. The first-order chi connectivity index (χ1) is 13.3. The number of halogens is 3. The van der Waals surface area contributed by atoms with E-state index < -0.39 is 23.8 Å². The van der Waals surface area contributed by atoms with Crippen molar-refractivity contribution in [3.63, 3.8) is 0 Å². The van der Waals surface area contributed by atoms with Crippen molar-refractivity contribution < 1.29 is 22.7 Å². The van der Waals surface area contributed by atoms with E-state index in [1.54, 1.807) is 12.1 Å². The van der Waals surface area contributed by atoms with Crippen LogP contribution in [0.5, 0.6) is 5.75 Å². The monoisotopic (exact) mass is 385 g/mol. The molecule has 1 N–H and O–H groups in total. The maximum atomic E-state index is 13.0. The molecule has 28 heavy (non-hydrogen) atoms. The number of carbonyl (C=O) groups excluding carboxylic acids is 1. The van der Waals surface area contributed by atoms with Crippen LogP contribution in [0, 0.1) is 0 Å². The summed E-state index contributed by atoms with van der Waals surface area (Å²) < 4.78 is 44.7. The first-order valence-electron chi connectivity index (χ1n) is 8.64. The number of nitrogens with one attached hydrogen (secondary N) is 1. The zero-order valence-corrected chi connectivity index (χ0v) is 15.0. The molecule has 0 bridgehead atoms. The highest BCUT2D eigenvalue weighted by Gasteiger charge is 2.34. The molecule has 0 saturated heterocycles. The average molecular weight is 385 g/mol. The minimum absolute atomic E-state index is 0.296. The molecule has 0 aliphatic carbocycles. The van der Waals surface area contributed by atoms with Gasteiger partial charge in [-0.05, 0) is 42.3 Å². The molecule has 0 spiro atoms. The van der Waals surface area contributed by atoms with Crippen LogP contribution < -0.4 is 10.1 Å². The molecule has 3 aromatic carbocycles. The highest BCUT2D eigenvalue weighted by Crippen LogP contribution is 2.34. The Labute approximate surface area is 160 Å². The fraction of sp³-hybridized carbons (Fsp3) is 0.136. The quantitative estimate of drug-likeness (QED) is 0.605. The van der Waals surface area contributed by atoms with Gasteiger partial charge in [0.2, 0.25) is 0 Å². The summed E-state index contributed by atoms with van der Waals surface area (Å²) in [6.07, 6.45) is -5.52. The number of anilines is 1. The first kappa shape index (κ1) is 19.5. The van der Waals surface area contributed by atoms with Crippen LogP contribution in [0.25, 0.3) is 11.1 Å². The summed E-state index contributed by atoms with van der Waals surface area (Å²) in [6, 6.07) is 21.7. The van der Waals surface area contributed by atoms with Crippen molar-refractivity contribution in [3.05, 3.63) is 84.4 Å². The van der Waals surface area contributed by atoms with E-state index in [-0.39, 0.29) is 5.69 Å². The Kier molecular flexibility index (Phi) is 5.68. The second-order valence-electron chi connectivity index (χ2n) is 6.18. The van der Waals surface area contributed by atoms with Gasteiger partial charge in [0.1, 0.15) is 5.75 Å². The average Bonchev–Trinajstić information content (AvgIpc) is 2.69. The van der Waals surface area contributed by atoms with Crippen LogP contribution >= 0.6 is 0 Å². The molecule has 3 nitrogen and oxygen atoms in total. The highest BCUT2D eigenvalue weighted by molar-refractivity contribution is 5.94. The summed E-state index contributed by atoms with van der Waals surface area (Å²) in [7, 11) is 0. The molecule has 144 valence electrons. The van der Waals surface area contributed by atoms with Gasteiger partial charge < -0.3 is 10.1 Å². The Hall–Kier alpha value is -3.28. The molecule has 0 aromatic heterocycles. The predicted molar refractivity (Wildman–Crippen MR) is 102 cm³/mol. The molecule has 3 rings (SSSR count). The Balaban J connectivity index is 1.67. The van der Waals surface area contributed by atoms with Gasteiger partial charge in [0.05, 0.1) is 11.3 Å². The van der Waals surface area contributed by atoms with E-state index in [1.807, 2.05) is 42.5 Å². The predicted octanol–water partition coefficient (Wildman–Crippen LogP) is 5.78. The van der Waals surface area contributed by atoms with E-state index in [1.165, 1.54) is 25.1 Å². The number of amides is 1. The van der Waals surface area contributed by atoms with E-state index in [4.69, 9.17) is 4.74 Å². The lowest BCUT2D eigenvalue weighted by Gasteiger charge is -2.17. The molecule has 1 atom stereocenters. The van der Waals surface area contributed by atoms with Gasteiger partial charge in [-0.3, -0.25) is 4.79 Å². The van der Waals surface area contributed by atoms with Gasteiger partial charge in [-0.25, -0.2) is 0 Å². The van der Waals surface area contributed by atoms with Gasteiger partial charge >= 0.3 is 6.18 Å². The van der Waals surface area contributed by atoms with Crippen molar-refractivity contribution in [2.24, 2.45) is 0 Å². The maximum Gasteiger partial charge on any atom is 0.418 e. The maximum absolute atomic E-state index is 13.0. The number of rotatable bonds is 5. The SMILES string of the molecule is CC(Oc1ccc(-c2ccccc2)cc1)C(=O)Nc1ccccc1C(F)(F)F. The van der Waals surface area contributed by atoms with Crippen LogP contribution in [0.15, 0.2) is 78.9 Å². The molecule has 0 fully saturated rings. The van der Waals surface area contributed by atoms with E-state index in [0.29, 0.717) is 5.75 Å². The molecule has 1 amide bonds. The fourth-order valence-corrected chi connectivity index (χ4v) is 2.69. The molecule has 6 heteroatoms. The standard InChI is InChI=1S/C22H18F3NO2/c1-15(21(27)26-20-10-6-5-9-19(20)22(23,24)25)28-18-13-11-17(12-14-18)16-7-3-2-4-8-16/h2-15H,1H3,(H,26,27). The fourth-order valence-electron chi connectivity index (χ4n) is 2.69. The second kappa shape index (κ2) is 8.17. The molecule has 1 unspecified atom stereocenters. The van der Waals surface area contributed by atoms with Gasteiger partial charge in [0.25, 0.3) is 5.91 Å². The zero-order chi connectivity index (χ0) is 20.1. The normalized spacial score (nSPS) is 12.3. The molecule has 0 saturated carbocycles. The Morgan fingerprint density at radius 1 is 0.857 bits per heavy atom. The Bertz CT molecular complexity index is 938. The molecular formula is C22H18F3NO2. The molecule has 0 radical (unpaired) electrons. The van der Waals surface area contributed by atoms with Gasteiger partial charge in [0.15, 0.2) is 6.10 Å². The summed E-state index contributed by atoms with van der Waals surface area (Å²) in [5.41, 5.74) is 0.838. The molecule has 0 aliphatic heterocycles. The zero-order valence-electron chi connectivity index (χ0n) is 15.0. The number of hydrogen-bond acceptors (Lipinski definition) is 2. The number of hydrogen-bond donors (Lipinski definition) is 1. The lowest BCUT2D eigenvalue weighted by atomic mass is 10.1. The van der Waals surface area contributed by atoms with Crippen LogP contribution in [-0.2, 0) is 11.0 Å². The van der Waals surface area contributed by atoms with Gasteiger partial charge in [-0.15, -0.1) is 0 Å². The molecule has 3 aromatic rings. The number of ether oxygens (including phenoxy) is 1. The summed E-state index contributed by atoms with van der Waals surface area (Å²) in [5, 5.41) is 2.29. The van der Waals surface area contributed by atoms with E-state index in [2.05, 4.69) is 5.32 Å². The summed E-state index contributed by atoms with van der Waals surface area (Å²) in [6.45, 7) is 1.48. The lowest BCUT2D eigenvalue weighted by Crippen LogP contribution is -2.31. The third-order valence-corrected chi connectivity index (χ3v) is 4.13. The van der Waals surface area contributed by atoms with Crippen LogP contribution in [0.2, 0.25) is 0 Å². The van der Waals surface area contributed by atoms with Crippen LogP contribution in [0.1, 0.15) is 12.5 Å². The lowest BCUT2D eigenvalue weighted by molar-refractivity contribution is -0.137. The van der Waals surface area contributed by atoms with Crippen molar-refractivity contribution in [2.75, 3.05) is 5.32 Å². The Morgan fingerprint density at radius 3 is 2.07 bits per heavy atom. The third-order valence-electron chi connectivity index (χ3n) is 4.13. The van der Waals surface area contributed by atoms with E-state index >= 15 is 0 Å². The van der Waals surface area contributed by atoms with E-state index in [0.717, 1.165) is 17.2 Å². The molecule has 0 heterocycles. The van der Waals surface area contributed by atoms with E-state index in [9.17, 15) is 18.0 Å². The second-order valence-corrected chi connectivity index (χ2v) is 6.18. The van der Waals surface area contributed by atoms with Crippen LogP contribution in [-0.4, -0.2) is 12.0 Å². The molecule has 0 aliphatic rings. The smallest absolute Gasteiger partial charge is 0.418 e. The van der Waals surface area contributed by atoms with Crippen molar-refractivity contribution >= 4 is 11.6 Å². The van der Waals surface area contributed by atoms with Crippen LogP contribution in [0.4, 0.5) is 18.9 Å². The third kappa shape index (κ3) is 4.71. The number of benzene rings is 3. The van der Waals surface area contributed by atoms with Gasteiger partial charge in [-0.2, -0.15) is 13.2 Å². The summed E-state index contributed by atoms with van der Waals surface area (Å²) >= 11 is 0. The van der Waals surface area contributed by atoms with Gasteiger partial charge in [0, 0.05) is 0 Å². The minimum Gasteiger partial charge on any atom is -0.481 e. The summed E-state index contributed by atoms with van der Waals surface area (Å²) in [5.74, 6) is -0.213. The summed E-state index contributed by atoms with van der Waals surface area (Å²) in [4.78, 5) is 12.3. The topological polar surface area (TPSA) is 38.3 Å². The minimum atomic E-state index is -4.55. The van der Waals surface area contributed by atoms with Gasteiger partial charge in [-0.1, -0.05) is 54.6 Å². The highest BCUT2D eigenvalue weighted by atomic mass is 19.4. The first-order valence-corrected chi connectivity index (χ1v) is 8.64. The van der Waals surface area contributed by atoms with Crippen molar-refractivity contribution in [1.29, 1.82) is 0 Å². The number of para-hydroxylation sites is 1.